The summed E-state index contributed by atoms with van der Waals surface area (Å²) in [5.41, 5.74) is 5.69. The van der Waals surface area contributed by atoms with Gasteiger partial charge in [0.25, 0.3) is 10.0 Å². The maximum absolute atomic E-state index is 13.5. The summed E-state index contributed by atoms with van der Waals surface area (Å²) in [4.78, 5) is 0.310. The van der Waals surface area contributed by atoms with E-state index in [1.165, 1.54) is 4.31 Å². The molecule has 5 heteroatoms. The molecule has 0 unspecified atom stereocenters. The van der Waals surface area contributed by atoms with Crippen molar-refractivity contribution in [1.29, 1.82) is 0 Å². The molecule has 1 aliphatic rings. The topological polar surface area (TPSA) is 37.4 Å². The lowest BCUT2D eigenvalue weighted by molar-refractivity contribution is 0.593. The van der Waals surface area contributed by atoms with Crippen LogP contribution in [0.3, 0.4) is 0 Å². The van der Waals surface area contributed by atoms with E-state index >= 15 is 0 Å². The highest BCUT2D eigenvalue weighted by molar-refractivity contribution is 9.10. The number of rotatable bonds is 3. The fourth-order valence-corrected chi connectivity index (χ4v) is 5.62. The Hall–Kier alpha value is -2.37. The van der Waals surface area contributed by atoms with E-state index in [9.17, 15) is 8.42 Å². The van der Waals surface area contributed by atoms with Crippen molar-refractivity contribution in [1.82, 2.24) is 0 Å². The molecule has 0 aliphatic carbocycles. The second kappa shape index (κ2) is 7.22. The van der Waals surface area contributed by atoms with Crippen molar-refractivity contribution in [3.05, 3.63) is 93.5 Å². The molecule has 0 aromatic heterocycles. The highest BCUT2D eigenvalue weighted by atomic mass is 79.9. The standard InChI is InChI=1S/C23H20BrNO2S/c1-16-8-11-20(12-9-16)28(26,27)25-15-19(14-18-6-4-3-5-7-18)22-21(24)13-10-17(2)23(22)25/h3-14H,15H2,1-2H3/b19-14+. The molecule has 1 heterocycles. The third-order valence-corrected chi connectivity index (χ3v) is 7.38. The number of hydrogen-bond donors (Lipinski definition) is 0. The van der Waals surface area contributed by atoms with Crippen LogP contribution >= 0.6 is 15.9 Å². The Kier molecular flexibility index (Phi) is 4.89. The first-order valence-corrected chi connectivity index (χ1v) is 11.3. The van der Waals surface area contributed by atoms with E-state index in [-0.39, 0.29) is 0 Å². The lowest BCUT2D eigenvalue weighted by Crippen LogP contribution is -2.29. The Morgan fingerprint density at radius 3 is 2.29 bits per heavy atom. The van der Waals surface area contributed by atoms with Crippen LogP contribution in [0.5, 0.6) is 0 Å². The maximum atomic E-state index is 13.5. The van der Waals surface area contributed by atoms with Crippen LogP contribution in [0.2, 0.25) is 0 Å². The van der Waals surface area contributed by atoms with Crippen molar-refractivity contribution in [2.24, 2.45) is 0 Å². The van der Waals surface area contributed by atoms with Gasteiger partial charge >= 0.3 is 0 Å². The summed E-state index contributed by atoms with van der Waals surface area (Å²) in [5, 5.41) is 0. The Bertz CT molecular complexity index is 1170. The normalized spacial score (nSPS) is 15.1. The van der Waals surface area contributed by atoms with Crippen molar-refractivity contribution < 1.29 is 8.42 Å². The molecule has 142 valence electrons. The lowest BCUT2D eigenvalue weighted by atomic mass is 10.0. The van der Waals surface area contributed by atoms with Gasteiger partial charge in [0.1, 0.15) is 0 Å². The number of anilines is 1. The van der Waals surface area contributed by atoms with Crippen LogP contribution in [-0.2, 0) is 10.0 Å². The average molecular weight is 454 g/mol. The second-order valence-corrected chi connectivity index (χ2v) is 9.71. The van der Waals surface area contributed by atoms with E-state index in [1.54, 1.807) is 12.1 Å². The van der Waals surface area contributed by atoms with Crippen molar-refractivity contribution in [3.8, 4) is 0 Å². The van der Waals surface area contributed by atoms with Gasteiger partial charge in [0.2, 0.25) is 0 Å². The molecular weight excluding hydrogens is 434 g/mol. The van der Waals surface area contributed by atoms with Crippen molar-refractivity contribution >= 4 is 43.3 Å². The fraction of sp³-hybridized carbons (Fsp3) is 0.130. The molecule has 0 radical (unpaired) electrons. The van der Waals surface area contributed by atoms with Crippen LogP contribution in [-0.4, -0.2) is 15.0 Å². The summed E-state index contributed by atoms with van der Waals surface area (Å²) < 4.78 is 29.3. The van der Waals surface area contributed by atoms with Gasteiger partial charge in [0, 0.05) is 10.0 Å². The smallest absolute Gasteiger partial charge is 0.261 e. The van der Waals surface area contributed by atoms with Gasteiger partial charge in [-0.3, -0.25) is 4.31 Å². The number of aryl methyl sites for hydroxylation is 2. The predicted molar refractivity (Wildman–Crippen MR) is 119 cm³/mol. The summed E-state index contributed by atoms with van der Waals surface area (Å²) in [7, 11) is -3.66. The molecule has 1 aliphatic heterocycles. The van der Waals surface area contributed by atoms with Crippen LogP contribution in [0.25, 0.3) is 11.6 Å². The van der Waals surface area contributed by atoms with E-state index in [1.807, 2.05) is 68.4 Å². The lowest BCUT2D eigenvalue weighted by Gasteiger charge is -2.21. The van der Waals surface area contributed by atoms with E-state index in [2.05, 4.69) is 22.0 Å². The van der Waals surface area contributed by atoms with Gasteiger partial charge in [-0.25, -0.2) is 8.42 Å². The summed E-state index contributed by atoms with van der Waals surface area (Å²) in [6, 6.07) is 20.9. The molecule has 0 bridgehead atoms. The van der Waals surface area contributed by atoms with E-state index in [0.717, 1.165) is 38.0 Å². The van der Waals surface area contributed by atoms with Gasteiger partial charge < -0.3 is 0 Å². The molecule has 0 amide bonds. The average Bonchev–Trinajstić information content (AvgIpc) is 3.07. The molecule has 4 rings (SSSR count). The first-order valence-electron chi connectivity index (χ1n) is 9.02. The first kappa shape index (κ1) is 19.0. The largest absolute Gasteiger partial charge is 0.264 e. The Balaban J connectivity index is 1.89. The van der Waals surface area contributed by atoms with E-state index in [4.69, 9.17) is 0 Å². The minimum atomic E-state index is -3.66. The van der Waals surface area contributed by atoms with Gasteiger partial charge in [-0.15, -0.1) is 0 Å². The molecule has 0 N–H and O–H groups in total. The molecule has 0 fully saturated rings. The van der Waals surface area contributed by atoms with Crippen LogP contribution in [0.1, 0.15) is 22.3 Å². The van der Waals surface area contributed by atoms with Crippen LogP contribution in [0, 0.1) is 13.8 Å². The molecule has 3 aromatic carbocycles. The monoisotopic (exact) mass is 453 g/mol. The quantitative estimate of drug-likeness (QED) is 0.501. The van der Waals surface area contributed by atoms with Crippen molar-refractivity contribution in [3.63, 3.8) is 0 Å². The highest BCUT2D eigenvalue weighted by Gasteiger charge is 2.35. The number of hydrogen-bond acceptors (Lipinski definition) is 2. The van der Waals surface area contributed by atoms with Gasteiger partial charge in [0.05, 0.1) is 17.1 Å². The molecule has 3 nitrogen and oxygen atoms in total. The molecule has 0 saturated heterocycles. The summed E-state index contributed by atoms with van der Waals surface area (Å²) in [6.45, 7) is 4.21. The third-order valence-electron chi connectivity index (χ3n) is 4.96. The number of sulfonamides is 1. The van der Waals surface area contributed by atoms with E-state index in [0.29, 0.717) is 11.4 Å². The zero-order valence-corrected chi connectivity index (χ0v) is 18.1. The summed E-state index contributed by atoms with van der Waals surface area (Å²) in [6.07, 6.45) is 2.06. The molecule has 28 heavy (non-hydrogen) atoms. The minimum Gasteiger partial charge on any atom is -0.261 e. The molecule has 0 atom stereocenters. The summed E-state index contributed by atoms with van der Waals surface area (Å²) in [5.74, 6) is 0. The van der Waals surface area contributed by atoms with E-state index < -0.39 is 10.0 Å². The molecular formula is C23H20BrNO2S. The Labute approximate surface area is 174 Å². The van der Waals surface area contributed by atoms with Gasteiger partial charge in [0.15, 0.2) is 0 Å². The number of benzene rings is 3. The zero-order valence-electron chi connectivity index (χ0n) is 15.7. The number of nitrogens with zero attached hydrogens (tertiary/aromatic N) is 1. The first-order chi connectivity index (χ1) is 13.4. The van der Waals surface area contributed by atoms with Crippen molar-refractivity contribution in [2.75, 3.05) is 10.8 Å². The number of fused-ring (bicyclic) bond motifs is 1. The van der Waals surface area contributed by atoms with Crippen LogP contribution < -0.4 is 4.31 Å². The van der Waals surface area contributed by atoms with Crippen LogP contribution in [0.15, 0.2) is 76.1 Å². The molecule has 3 aromatic rings. The van der Waals surface area contributed by atoms with Gasteiger partial charge in [-0.05, 0) is 54.8 Å². The van der Waals surface area contributed by atoms with Crippen molar-refractivity contribution in [2.45, 2.75) is 18.7 Å². The predicted octanol–water partition coefficient (Wildman–Crippen LogP) is 5.82. The third kappa shape index (κ3) is 3.29. The van der Waals surface area contributed by atoms with Crippen LogP contribution in [0.4, 0.5) is 5.69 Å². The maximum Gasteiger partial charge on any atom is 0.264 e. The number of halogens is 1. The van der Waals surface area contributed by atoms with Gasteiger partial charge in [-0.2, -0.15) is 0 Å². The second-order valence-electron chi connectivity index (χ2n) is 6.99. The molecule has 0 saturated carbocycles. The Morgan fingerprint density at radius 1 is 0.929 bits per heavy atom. The minimum absolute atomic E-state index is 0.309. The molecule has 0 spiro atoms. The Morgan fingerprint density at radius 2 is 1.61 bits per heavy atom. The summed E-state index contributed by atoms with van der Waals surface area (Å²) >= 11 is 3.63. The SMILES string of the molecule is Cc1ccc(S(=O)(=O)N2C/C(=C\c3ccccc3)c3c(Br)ccc(C)c32)cc1. The highest BCUT2D eigenvalue weighted by Crippen LogP contribution is 2.45. The fourth-order valence-electron chi connectivity index (χ4n) is 3.52. The zero-order chi connectivity index (χ0) is 19.9. The van der Waals surface area contributed by atoms with Gasteiger partial charge in [-0.1, -0.05) is 70.0 Å².